The first-order valence-electron chi connectivity index (χ1n) is 8.87. The lowest BCUT2D eigenvalue weighted by Gasteiger charge is -2.42. The molecule has 0 aromatic rings. The van der Waals surface area contributed by atoms with Gasteiger partial charge in [-0.1, -0.05) is 34.6 Å². The van der Waals surface area contributed by atoms with Crippen LogP contribution in [0.3, 0.4) is 0 Å². The number of likely N-dealkylation sites (tertiary alicyclic amines) is 1. The van der Waals surface area contributed by atoms with Gasteiger partial charge in [0.05, 0.1) is 0 Å². The Labute approximate surface area is 126 Å². The van der Waals surface area contributed by atoms with E-state index in [-0.39, 0.29) is 0 Å². The first kappa shape index (κ1) is 16.3. The first-order chi connectivity index (χ1) is 9.41. The number of nitrogens with zero attached hydrogens (tertiary/aromatic N) is 1. The van der Waals surface area contributed by atoms with E-state index in [4.69, 9.17) is 0 Å². The van der Waals surface area contributed by atoms with Crippen LogP contribution in [0.25, 0.3) is 0 Å². The Morgan fingerprint density at radius 3 is 2.40 bits per heavy atom. The molecule has 0 amide bonds. The third kappa shape index (κ3) is 4.21. The Kier molecular flexibility index (Phi) is 5.53. The second kappa shape index (κ2) is 6.79. The van der Waals surface area contributed by atoms with Crippen molar-refractivity contribution in [1.82, 2.24) is 10.2 Å². The summed E-state index contributed by atoms with van der Waals surface area (Å²) >= 11 is 0. The molecule has 4 atom stereocenters. The third-order valence-corrected chi connectivity index (χ3v) is 5.73. The SMILES string of the molecule is CCCNC1CCC(C)(C)CC1CN1CC(C)C(C)C1. The molecule has 0 radical (unpaired) electrons. The topological polar surface area (TPSA) is 15.3 Å². The van der Waals surface area contributed by atoms with Crippen LogP contribution in [-0.4, -0.2) is 37.1 Å². The molecule has 1 saturated carbocycles. The summed E-state index contributed by atoms with van der Waals surface area (Å²) in [5, 5.41) is 3.83. The summed E-state index contributed by atoms with van der Waals surface area (Å²) in [4.78, 5) is 2.74. The molecule has 0 aromatic heterocycles. The van der Waals surface area contributed by atoms with Crippen molar-refractivity contribution in [2.24, 2.45) is 23.2 Å². The zero-order valence-electron chi connectivity index (χ0n) is 14.4. The molecule has 0 aromatic carbocycles. The fourth-order valence-corrected chi connectivity index (χ4v) is 4.26. The van der Waals surface area contributed by atoms with E-state index in [9.17, 15) is 0 Å². The van der Waals surface area contributed by atoms with E-state index in [0.717, 1.165) is 23.8 Å². The minimum atomic E-state index is 0.548. The molecule has 2 rings (SSSR count). The Balaban J connectivity index is 1.93. The second-order valence-corrected chi connectivity index (χ2v) is 8.40. The van der Waals surface area contributed by atoms with Crippen molar-refractivity contribution in [2.45, 2.75) is 66.3 Å². The van der Waals surface area contributed by atoms with Crippen LogP contribution < -0.4 is 5.32 Å². The van der Waals surface area contributed by atoms with Crippen LogP contribution in [0.5, 0.6) is 0 Å². The maximum Gasteiger partial charge on any atom is 0.0108 e. The molecule has 1 aliphatic carbocycles. The number of nitrogens with one attached hydrogen (secondary N) is 1. The quantitative estimate of drug-likeness (QED) is 0.824. The smallest absolute Gasteiger partial charge is 0.0108 e. The summed E-state index contributed by atoms with van der Waals surface area (Å²) in [5.74, 6) is 2.62. The first-order valence-corrected chi connectivity index (χ1v) is 8.87. The van der Waals surface area contributed by atoms with E-state index < -0.39 is 0 Å². The normalized spacial score (nSPS) is 38.2. The van der Waals surface area contributed by atoms with E-state index in [2.05, 4.69) is 44.8 Å². The molecule has 118 valence electrons. The Morgan fingerprint density at radius 1 is 1.15 bits per heavy atom. The highest BCUT2D eigenvalue weighted by Gasteiger charge is 2.37. The van der Waals surface area contributed by atoms with Crippen LogP contribution in [0, 0.1) is 23.2 Å². The molecular formula is C18H36N2. The van der Waals surface area contributed by atoms with Crippen molar-refractivity contribution >= 4 is 0 Å². The number of hydrogen-bond acceptors (Lipinski definition) is 2. The van der Waals surface area contributed by atoms with Crippen molar-refractivity contribution in [3.8, 4) is 0 Å². The van der Waals surface area contributed by atoms with Gasteiger partial charge in [-0.15, -0.1) is 0 Å². The molecule has 1 heterocycles. The zero-order valence-corrected chi connectivity index (χ0v) is 14.4. The molecule has 0 bridgehead atoms. The summed E-state index contributed by atoms with van der Waals surface area (Å²) in [6, 6.07) is 0.759. The molecule has 2 fully saturated rings. The van der Waals surface area contributed by atoms with Gasteiger partial charge in [0.25, 0.3) is 0 Å². The molecule has 1 aliphatic heterocycles. The van der Waals surface area contributed by atoms with Gasteiger partial charge in [0.1, 0.15) is 0 Å². The van der Waals surface area contributed by atoms with Crippen molar-refractivity contribution in [3.63, 3.8) is 0 Å². The molecular weight excluding hydrogens is 244 g/mol. The van der Waals surface area contributed by atoms with Gasteiger partial charge in [0.2, 0.25) is 0 Å². The maximum absolute atomic E-state index is 3.83. The fourth-order valence-electron chi connectivity index (χ4n) is 4.26. The van der Waals surface area contributed by atoms with Gasteiger partial charge in [0, 0.05) is 25.7 Å². The van der Waals surface area contributed by atoms with Crippen LogP contribution in [0.2, 0.25) is 0 Å². The average Bonchev–Trinajstić information content (AvgIpc) is 2.66. The largest absolute Gasteiger partial charge is 0.314 e. The lowest BCUT2D eigenvalue weighted by molar-refractivity contribution is 0.106. The van der Waals surface area contributed by atoms with Crippen LogP contribution in [0.4, 0.5) is 0 Å². The minimum absolute atomic E-state index is 0.548. The summed E-state index contributed by atoms with van der Waals surface area (Å²) in [5.41, 5.74) is 0.548. The van der Waals surface area contributed by atoms with E-state index in [1.807, 2.05) is 0 Å². The lowest BCUT2D eigenvalue weighted by atomic mass is 9.69. The Morgan fingerprint density at radius 2 is 1.80 bits per heavy atom. The predicted molar refractivity (Wildman–Crippen MR) is 88.0 cm³/mol. The monoisotopic (exact) mass is 280 g/mol. The predicted octanol–water partition coefficient (Wildman–Crippen LogP) is 3.77. The van der Waals surface area contributed by atoms with Crippen LogP contribution >= 0.6 is 0 Å². The highest BCUT2D eigenvalue weighted by molar-refractivity contribution is 4.91. The van der Waals surface area contributed by atoms with Gasteiger partial charge >= 0.3 is 0 Å². The van der Waals surface area contributed by atoms with Crippen molar-refractivity contribution in [3.05, 3.63) is 0 Å². The lowest BCUT2D eigenvalue weighted by Crippen LogP contribution is -2.47. The zero-order chi connectivity index (χ0) is 14.8. The Bertz CT molecular complexity index is 290. The molecule has 0 spiro atoms. The molecule has 2 aliphatic rings. The molecule has 2 heteroatoms. The highest BCUT2D eigenvalue weighted by Crippen LogP contribution is 2.39. The van der Waals surface area contributed by atoms with Crippen molar-refractivity contribution < 1.29 is 0 Å². The van der Waals surface area contributed by atoms with E-state index in [1.54, 1.807) is 0 Å². The van der Waals surface area contributed by atoms with Gasteiger partial charge in [-0.3, -0.25) is 0 Å². The minimum Gasteiger partial charge on any atom is -0.314 e. The summed E-state index contributed by atoms with van der Waals surface area (Å²) in [7, 11) is 0. The van der Waals surface area contributed by atoms with E-state index in [1.165, 1.54) is 51.9 Å². The van der Waals surface area contributed by atoms with Crippen LogP contribution in [0.1, 0.15) is 60.3 Å². The number of hydrogen-bond donors (Lipinski definition) is 1. The number of rotatable bonds is 5. The molecule has 1 N–H and O–H groups in total. The average molecular weight is 280 g/mol. The Hall–Kier alpha value is -0.0800. The van der Waals surface area contributed by atoms with Crippen molar-refractivity contribution in [1.29, 1.82) is 0 Å². The molecule has 4 unspecified atom stereocenters. The summed E-state index contributed by atoms with van der Waals surface area (Å²) < 4.78 is 0. The maximum atomic E-state index is 3.83. The highest BCUT2D eigenvalue weighted by atomic mass is 15.2. The summed E-state index contributed by atoms with van der Waals surface area (Å²) in [6.07, 6.45) is 5.41. The molecule has 20 heavy (non-hydrogen) atoms. The van der Waals surface area contributed by atoms with E-state index in [0.29, 0.717) is 5.41 Å². The fraction of sp³-hybridized carbons (Fsp3) is 1.00. The summed E-state index contributed by atoms with van der Waals surface area (Å²) in [6.45, 7) is 17.2. The van der Waals surface area contributed by atoms with Gasteiger partial charge < -0.3 is 10.2 Å². The molecule has 2 nitrogen and oxygen atoms in total. The van der Waals surface area contributed by atoms with E-state index >= 15 is 0 Å². The van der Waals surface area contributed by atoms with Gasteiger partial charge in [-0.05, 0) is 55.4 Å². The van der Waals surface area contributed by atoms with Gasteiger partial charge in [0.15, 0.2) is 0 Å². The van der Waals surface area contributed by atoms with Crippen LogP contribution in [0.15, 0.2) is 0 Å². The second-order valence-electron chi connectivity index (χ2n) is 8.40. The third-order valence-electron chi connectivity index (χ3n) is 5.73. The van der Waals surface area contributed by atoms with Crippen molar-refractivity contribution in [2.75, 3.05) is 26.2 Å². The van der Waals surface area contributed by atoms with Crippen LogP contribution in [-0.2, 0) is 0 Å². The van der Waals surface area contributed by atoms with Gasteiger partial charge in [-0.2, -0.15) is 0 Å². The van der Waals surface area contributed by atoms with Gasteiger partial charge in [-0.25, -0.2) is 0 Å². The molecule has 1 saturated heterocycles. The standard InChI is InChI=1S/C18H36N2/c1-6-9-19-17-7-8-18(4,5)10-16(17)13-20-11-14(2)15(3)12-20/h14-17,19H,6-13H2,1-5H3.